The van der Waals surface area contributed by atoms with E-state index in [2.05, 4.69) is 52.2 Å². The van der Waals surface area contributed by atoms with Crippen molar-refractivity contribution in [3.05, 3.63) is 51.5 Å². The fraction of sp³-hybridized carbons (Fsp3) is 0.524. The van der Waals surface area contributed by atoms with E-state index in [-0.39, 0.29) is 0 Å². The highest BCUT2D eigenvalue weighted by Gasteiger charge is 2.02. The van der Waals surface area contributed by atoms with Gasteiger partial charge in [0.15, 0.2) is 5.96 Å². The van der Waals surface area contributed by atoms with Gasteiger partial charge in [-0.2, -0.15) is 0 Å². The third kappa shape index (κ3) is 8.82. The lowest BCUT2D eigenvalue weighted by Gasteiger charge is -2.11. The van der Waals surface area contributed by atoms with Gasteiger partial charge in [0.05, 0.1) is 37.1 Å². The van der Waals surface area contributed by atoms with E-state index in [1.165, 1.54) is 5.56 Å². The smallest absolute Gasteiger partial charge is 0.191 e. The summed E-state index contributed by atoms with van der Waals surface area (Å²) in [5.41, 5.74) is 3.45. The Kier molecular flexibility index (Phi) is 10.6. The zero-order valence-corrected chi connectivity index (χ0v) is 18.0. The second-order valence-corrected chi connectivity index (χ2v) is 7.36. The summed E-state index contributed by atoms with van der Waals surface area (Å²) >= 11 is 1.69. The van der Waals surface area contributed by atoms with Gasteiger partial charge < -0.3 is 20.1 Å². The Labute approximate surface area is 172 Å². The van der Waals surface area contributed by atoms with Crippen molar-refractivity contribution in [3.63, 3.8) is 0 Å². The molecule has 2 N–H and O–H groups in total. The second kappa shape index (κ2) is 13.3. The largest absolute Gasteiger partial charge is 0.379 e. The molecule has 6 nitrogen and oxygen atoms in total. The number of rotatable bonds is 12. The van der Waals surface area contributed by atoms with E-state index in [1.54, 1.807) is 11.3 Å². The molecule has 1 aromatic heterocycles. The molecule has 154 valence electrons. The predicted molar refractivity (Wildman–Crippen MR) is 116 cm³/mol. The van der Waals surface area contributed by atoms with Crippen molar-refractivity contribution >= 4 is 17.3 Å². The van der Waals surface area contributed by atoms with Crippen LogP contribution in [0.3, 0.4) is 0 Å². The number of hydrogen-bond donors (Lipinski definition) is 2. The molecule has 0 saturated carbocycles. The van der Waals surface area contributed by atoms with Crippen molar-refractivity contribution in [1.29, 1.82) is 0 Å². The summed E-state index contributed by atoms with van der Waals surface area (Å²) < 4.78 is 10.9. The lowest BCUT2D eigenvalue weighted by Crippen LogP contribution is -2.38. The van der Waals surface area contributed by atoms with Crippen LogP contribution >= 0.6 is 11.3 Å². The Morgan fingerprint density at radius 3 is 2.71 bits per heavy atom. The van der Waals surface area contributed by atoms with Crippen LogP contribution in [0.4, 0.5) is 0 Å². The predicted octanol–water partition coefficient (Wildman–Crippen LogP) is 3.30. The summed E-state index contributed by atoms with van der Waals surface area (Å²) in [5.74, 6) is 0.827. The topological polar surface area (TPSA) is 67.8 Å². The third-order valence-corrected chi connectivity index (χ3v) is 4.76. The molecule has 2 aromatic rings. The maximum Gasteiger partial charge on any atom is 0.191 e. The van der Waals surface area contributed by atoms with Gasteiger partial charge >= 0.3 is 0 Å². The van der Waals surface area contributed by atoms with Gasteiger partial charge in [0.1, 0.15) is 0 Å². The first-order valence-electron chi connectivity index (χ1n) is 9.87. The van der Waals surface area contributed by atoms with E-state index in [0.717, 1.165) is 48.3 Å². The van der Waals surface area contributed by atoms with Crippen LogP contribution in [0.15, 0.2) is 34.6 Å². The Morgan fingerprint density at radius 2 is 1.96 bits per heavy atom. The number of thiazole rings is 1. The summed E-state index contributed by atoms with van der Waals surface area (Å²) in [5, 5.41) is 9.90. The molecule has 0 radical (unpaired) electrons. The van der Waals surface area contributed by atoms with Crippen molar-refractivity contribution in [2.45, 2.75) is 40.3 Å². The summed E-state index contributed by atoms with van der Waals surface area (Å²) in [6.07, 6.45) is 0.892. The lowest BCUT2D eigenvalue weighted by molar-refractivity contribution is 0.0453. The molecular weight excluding hydrogens is 372 g/mol. The Hall–Kier alpha value is -1.96. The molecule has 0 fully saturated rings. The fourth-order valence-corrected chi connectivity index (χ4v) is 3.26. The van der Waals surface area contributed by atoms with Crippen LogP contribution in [0.25, 0.3) is 0 Å². The van der Waals surface area contributed by atoms with E-state index in [9.17, 15) is 0 Å². The molecule has 0 unspecified atom stereocenters. The first kappa shape index (κ1) is 22.3. The monoisotopic (exact) mass is 404 g/mol. The Bertz CT molecular complexity index is 718. The minimum absolute atomic E-state index is 0.593. The average Bonchev–Trinajstić information content (AvgIpc) is 3.11. The molecule has 0 saturated heterocycles. The zero-order valence-electron chi connectivity index (χ0n) is 17.2. The normalized spacial score (nSPS) is 11.6. The molecule has 0 aliphatic heterocycles. The fourth-order valence-electron chi connectivity index (χ4n) is 2.61. The first-order chi connectivity index (χ1) is 13.7. The minimum Gasteiger partial charge on any atom is -0.379 e. The van der Waals surface area contributed by atoms with Crippen molar-refractivity contribution in [2.75, 3.05) is 32.9 Å². The number of nitrogens with one attached hydrogen (secondary N) is 2. The van der Waals surface area contributed by atoms with Crippen LogP contribution in [-0.4, -0.2) is 43.9 Å². The van der Waals surface area contributed by atoms with Gasteiger partial charge in [-0.1, -0.05) is 24.3 Å². The van der Waals surface area contributed by atoms with Crippen LogP contribution in [0.2, 0.25) is 0 Å². The number of guanidine groups is 1. The number of hydrogen-bond acceptors (Lipinski definition) is 5. The van der Waals surface area contributed by atoms with Crippen LogP contribution in [0.5, 0.6) is 0 Å². The van der Waals surface area contributed by atoms with Gasteiger partial charge in [-0.25, -0.2) is 9.98 Å². The molecule has 1 aromatic carbocycles. The summed E-state index contributed by atoms with van der Waals surface area (Å²) in [6, 6.07) is 8.37. The molecule has 1 heterocycles. The Balaban J connectivity index is 1.81. The molecule has 0 aliphatic rings. The number of aromatic nitrogens is 1. The molecule has 2 rings (SSSR count). The van der Waals surface area contributed by atoms with Crippen LogP contribution in [0, 0.1) is 6.92 Å². The molecular formula is C21H32N4O2S. The van der Waals surface area contributed by atoms with Crippen molar-refractivity contribution in [3.8, 4) is 0 Å². The van der Waals surface area contributed by atoms with E-state index in [1.807, 2.05) is 13.8 Å². The minimum atomic E-state index is 0.593. The second-order valence-electron chi connectivity index (χ2n) is 6.30. The standard InChI is InChI=1S/C21H32N4O2S/c1-4-22-21(23-10-9-20-16-28-17(3)25-20)24-14-18-7-6-8-19(13-18)15-27-12-11-26-5-2/h6-8,13,16H,4-5,9-12,14-15H2,1-3H3,(H2,22,23,24). The highest BCUT2D eigenvalue weighted by molar-refractivity contribution is 7.09. The number of aryl methyl sites for hydroxylation is 1. The van der Waals surface area contributed by atoms with Gasteiger partial charge in [-0.3, -0.25) is 0 Å². The van der Waals surface area contributed by atoms with Gasteiger partial charge in [-0.15, -0.1) is 11.3 Å². The highest BCUT2D eigenvalue weighted by Crippen LogP contribution is 2.09. The summed E-state index contributed by atoms with van der Waals surface area (Å²) in [6.45, 7) is 10.9. The maximum absolute atomic E-state index is 5.65. The molecule has 0 bridgehead atoms. The quantitative estimate of drug-likeness (QED) is 0.323. The summed E-state index contributed by atoms with van der Waals surface area (Å²) in [4.78, 5) is 9.19. The third-order valence-electron chi connectivity index (χ3n) is 3.94. The van der Waals surface area contributed by atoms with E-state index in [4.69, 9.17) is 14.5 Å². The van der Waals surface area contributed by atoms with Crippen molar-refractivity contribution in [2.24, 2.45) is 4.99 Å². The summed E-state index contributed by atoms with van der Waals surface area (Å²) in [7, 11) is 0. The van der Waals surface area contributed by atoms with E-state index < -0.39 is 0 Å². The number of nitrogens with zero attached hydrogens (tertiary/aromatic N) is 2. The number of aliphatic imine (C=N–C) groups is 1. The average molecular weight is 405 g/mol. The van der Waals surface area contributed by atoms with Crippen LogP contribution in [-0.2, 0) is 29.0 Å². The van der Waals surface area contributed by atoms with E-state index >= 15 is 0 Å². The van der Waals surface area contributed by atoms with Crippen LogP contribution in [0.1, 0.15) is 35.7 Å². The maximum atomic E-state index is 5.65. The molecule has 0 atom stereocenters. The first-order valence-corrected chi connectivity index (χ1v) is 10.8. The highest BCUT2D eigenvalue weighted by atomic mass is 32.1. The number of benzene rings is 1. The van der Waals surface area contributed by atoms with E-state index in [0.29, 0.717) is 26.4 Å². The SMILES string of the molecule is CCNC(=NCc1cccc(COCCOCC)c1)NCCc1csc(C)n1. The van der Waals surface area contributed by atoms with Gasteiger partial charge in [0.2, 0.25) is 0 Å². The van der Waals surface area contributed by atoms with Crippen LogP contribution < -0.4 is 10.6 Å². The molecule has 0 amide bonds. The Morgan fingerprint density at radius 1 is 1.14 bits per heavy atom. The molecule has 28 heavy (non-hydrogen) atoms. The van der Waals surface area contributed by atoms with Crippen molar-refractivity contribution < 1.29 is 9.47 Å². The number of ether oxygens (including phenoxy) is 2. The lowest BCUT2D eigenvalue weighted by atomic mass is 10.1. The van der Waals surface area contributed by atoms with Gasteiger partial charge in [0, 0.05) is 31.5 Å². The van der Waals surface area contributed by atoms with Crippen molar-refractivity contribution in [1.82, 2.24) is 15.6 Å². The van der Waals surface area contributed by atoms with Gasteiger partial charge in [0.25, 0.3) is 0 Å². The van der Waals surface area contributed by atoms with Gasteiger partial charge in [-0.05, 0) is 31.9 Å². The molecule has 0 aliphatic carbocycles. The molecule has 7 heteroatoms. The molecule has 0 spiro atoms. The zero-order chi connectivity index (χ0) is 20.0.